The quantitative estimate of drug-likeness (QED) is 0.834. The number of hydrogen-bond donors (Lipinski definition) is 1. The molecule has 3 heteroatoms. The molecule has 118 valence electrons. The summed E-state index contributed by atoms with van der Waals surface area (Å²) >= 11 is 3.76. The maximum atomic E-state index is 3.76. The summed E-state index contributed by atoms with van der Waals surface area (Å²) in [5.41, 5.74) is 2.77. The van der Waals surface area contributed by atoms with Crippen LogP contribution in [0.25, 0.3) is 0 Å². The molecule has 0 radical (unpaired) electrons. The van der Waals surface area contributed by atoms with Crippen molar-refractivity contribution in [3.8, 4) is 0 Å². The number of hydrogen-bond acceptors (Lipinski definition) is 2. The highest BCUT2D eigenvalue weighted by atomic mass is 79.9. The predicted molar refractivity (Wildman–Crippen MR) is 94.4 cm³/mol. The average Bonchev–Trinajstić information content (AvgIpc) is 2.64. The van der Waals surface area contributed by atoms with Crippen molar-refractivity contribution in [2.75, 3.05) is 13.1 Å². The van der Waals surface area contributed by atoms with Crippen LogP contribution in [0, 0.1) is 5.92 Å². The first kappa shape index (κ1) is 17.0. The van der Waals surface area contributed by atoms with E-state index in [0.29, 0.717) is 6.04 Å². The van der Waals surface area contributed by atoms with Gasteiger partial charge in [0.25, 0.3) is 0 Å². The summed E-state index contributed by atoms with van der Waals surface area (Å²) < 4.78 is 1.25. The van der Waals surface area contributed by atoms with E-state index >= 15 is 0 Å². The van der Waals surface area contributed by atoms with Crippen molar-refractivity contribution in [2.45, 2.75) is 59.2 Å². The highest BCUT2D eigenvalue weighted by Gasteiger charge is 2.15. The number of rotatable bonds is 5. The first-order chi connectivity index (χ1) is 10.0. The molecule has 1 aliphatic rings. The summed E-state index contributed by atoms with van der Waals surface area (Å²) in [4.78, 5) is 2.61. The van der Waals surface area contributed by atoms with Crippen molar-refractivity contribution in [1.29, 1.82) is 0 Å². The lowest BCUT2D eigenvalue weighted by Crippen LogP contribution is -2.24. The summed E-state index contributed by atoms with van der Waals surface area (Å²) in [6.45, 7) is 11.3. The molecule has 21 heavy (non-hydrogen) atoms. The molecule has 1 aromatic rings. The summed E-state index contributed by atoms with van der Waals surface area (Å²) in [6, 6.07) is 7.35. The molecule has 1 fully saturated rings. The monoisotopic (exact) mass is 352 g/mol. The van der Waals surface area contributed by atoms with Crippen LogP contribution >= 0.6 is 15.9 Å². The van der Waals surface area contributed by atoms with Crippen molar-refractivity contribution in [2.24, 2.45) is 5.92 Å². The minimum atomic E-state index is 0.530. The fourth-order valence-electron chi connectivity index (χ4n) is 2.87. The van der Waals surface area contributed by atoms with Gasteiger partial charge in [0, 0.05) is 23.6 Å². The second-order valence-corrected chi connectivity index (χ2v) is 7.63. The standard InChI is InChI=1S/C18H29BrN2/c1-14(2)20-12-16-6-7-17(18(19)11-16)13-21-9-4-5-15(3)8-10-21/h6-7,11,14-15,20H,4-5,8-10,12-13H2,1-3H3. The molecule has 1 N–H and O–H groups in total. The van der Waals surface area contributed by atoms with Crippen molar-refractivity contribution in [3.63, 3.8) is 0 Å². The lowest BCUT2D eigenvalue weighted by atomic mass is 10.0. The van der Waals surface area contributed by atoms with Gasteiger partial charge < -0.3 is 5.32 Å². The van der Waals surface area contributed by atoms with E-state index in [1.807, 2.05) is 0 Å². The molecule has 1 atom stereocenters. The zero-order valence-corrected chi connectivity index (χ0v) is 15.2. The van der Waals surface area contributed by atoms with Crippen LogP contribution < -0.4 is 5.32 Å². The van der Waals surface area contributed by atoms with Gasteiger partial charge in [0.2, 0.25) is 0 Å². The van der Waals surface area contributed by atoms with Gasteiger partial charge in [-0.15, -0.1) is 0 Å². The summed E-state index contributed by atoms with van der Waals surface area (Å²) in [7, 11) is 0. The van der Waals surface area contributed by atoms with Crippen molar-refractivity contribution < 1.29 is 0 Å². The number of nitrogens with zero attached hydrogens (tertiary/aromatic N) is 1. The van der Waals surface area contributed by atoms with E-state index in [1.54, 1.807) is 0 Å². The van der Waals surface area contributed by atoms with Crippen LogP contribution in [0.5, 0.6) is 0 Å². The van der Waals surface area contributed by atoms with Gasteiger partial charge in [-0.1, -0.05) is 48.8 Å². The third-order valence-electron chi connectivity index (χ3n) is 4.34. The number of likely N-dealkylation sites (tertiary alicyclic amines) is 1. The van der Waals surface area contributed by atoms with Crippen LogP contribution in [0.4, 0.5) is 0 Å². The Hall–Kier alpha value is -0.380. The van der Waals surface area contributed by atoms with E-state index in [4.69, 9.17) is 0 Å². The first-order valence-electron chi connectivity index (χ1n) is 8.27. The Morgan fingerprint density at radius 1 is 1.29 bits per heavy atom. The normalized spacial score (nSPS) is 20.7. The van der Waals surface area contributed by atoms with E-state index in [-0.39, 0.29) is 0 Å². The number of benzene rings is 1. The van der Waals surface area contributed by atoms with Gasteiger partial charge in [-0.05, 0) is 55.5 Å². The van der Waals surface area contributed by atoms with Gasteiger partial charge in [0.1, 0.15) is 0 Å². The van der Waals surface area contributed by atoms with Gasteiger partial charge in [0.05, 0.1) is 0 Å². The SMILES string of the molecule is CC1CCCN(Cc2ccc(CNC(C)C)cc2Br)CC1. The second-order valence-electron chi connectivity index (χ2n) is 6.77. The molecule has 0 saturated carbocycles. The summed E-state index contributed by atoms with van der Waals surface area (Å²) in [5, 5.41) is 3.47. The van der Waals surface area contributed by atoms with Crippen LogP contribution in [0.3, 0.4) is 0 Å². The molecular formula is C18H29BrN2. The molecule has 1 aliphatic heterocycles. The maximum absolute atomic E-state index is 3.76. The third-order valence-corrected chi connectivity index (χ3v) is 5.07. The Kier molecular flexibility index (Phi) is 6.72. The zero-order chi connectivity index (χ0) is 15.2. The smallest absolute Gasteiger partial charge is 0.0244 e. The zero-order valence-electron chi connectivity index (χ0n) is 13.7. The minimum absolute atomic E-state index is 0.530. The average molecular weight is 353 g/mol. The third kappa shape index (κ3) is 5.72. The maximum Gasteiger partial charge on any atom is 0.0244 e. The van der Waals surface area contributed by atoms with E-state index in [9.17, 15) is 0 Å². The molecule has 0 bridgehead atoms. The number of halogens is 1. The first-order valence-corrected chi connectivity index (χ1v) is 9.07. The molecule has 0 spiro atoms. The molecule has 0 aromatic heterocycles. The highest BCUT2D eigenvalue weighted by molar-refractivity contribution is 9.10. The molecule has 0 amide bonds. The van der Waals surface area contributed by atoms with Gasteiger partial charge in [0.15, 0.2) is 0 Å². The molecule has 1 heterocycles. The Balaban J connectivity index is 1.94. The van der Waals surface area contributed by atoms with Gasteiger partial charge in [-0.25, -0.2) is 0 Å². The van der Waals surface area contributed by atoms with Crippen LogP contribution in [0.1, 0.15) is 51.2 Å². The Morgan fingerprint density at radius 2 is 2.10 bits per heavy atom. The van der Waals surface area contributed by atoms with Crippen molar-refractivity contribution >= 4 is 15.9 Å². The minimum Gasteiger partial charge on any atom is -0.310 e. The highest BCUT2D eigenvalue weighted by Crippen LogP contribution is 2.23. The fraction of sp³-hybridized carbons (Fsp3) is 0.667. The van der Waals surface area contributed by atoms with Crippen molar-refractivity contribution in [1.82, 2.24) is 10.2 Å². The molecule has 2 nitrogen and oxygen atoms in total. The van der Waals surface area contributed by atoms with Gasteiger partial charge >= 0.3 is 0 Å². The van der Waals surface area contributed by atoms with E-state index < -0.39 is 0 Å². The fourth-order valence-corrected chi connectivity index (χ4v) is 3.42. The van der Waals surface area contributed by atoms with Crippen LogP contribution in [0.2, 0.25) is 0 Å². The van der Waals surface area contributed by atoms with E-state index in [1.165, 1.54) is 48.0 Å². The molecule has 2 rings (SSSR count). The van der Waals surface area contributed by atoms with Gasteiger partial charge in [-0.2, -0.15) is 0 Å². The van der Waals surface area contributed by atoms with Gasteiger partial charge in [-0.3, -0.25) is 4.90 Å². The summed E-state index contributed by atoms with van der Waals surface area (Å²) in [6.07, 6.45) is 4.07. The largest absolute Gasteiger partial charge is 0.310 e. The lowest BCUT2D eigenvalue weighted by Gasteiger charge is -2.21. The Labute approximate surface area is 138 Å². The molecule has 1 unspecified atom stereocenters. The molecule has 1 saturated heterocycles. The lowest BCUT2D eigenvalue weighted by molar-refractivity contribution is 0.273. The Bertz CT molecular complexity index is 445. The van der Waals surface area contributed by atoms with E-state index in [2.05, 4.69) is 65.1 Å². The molecular weight excluding hydrogens is 324 g/mol. The second kappa shape index (κ2) is 8.30. The molecule has 1 aromatic carbocycles. The topological polar surface area (TPSA) is 15.3 Å². The Morgan fingerprint density at radius 3 is 2.81 bits per heavy atom. The van der Waals surface area contributed by atoms with Crippen LogP contribution in [-0.4, -0.2) is 24.0 Å². The number of nitrogens with one attached hydrogen (secondary N) is 1. The van der Waals surface area contributed by atoms with E-state index in [0.717, 1.165) is 19.0 Å². The molecule has 0 aliphatic carbocycles. The van der Waals surface area contributed by atoms with Crippen LogP contribution in [-0.2, 0) is 13.1 Å². The predicted octanol–water partition coefficient (Wildman–Crippen LogP) is 4.57. The van der Waals surface area contributed by atoms with Crippen molar-refractivity contribution in [3.05, 3.63) is 33.8 Å². The summed E-state index contributed by atoms with van der Waals surface area (Å²) in [5.74, 6) is 0.892. The van der Waals surface area contributed by atoms with Crippen LogP contribution in [0.15, 0.2) is 22.7 Å².